The third-order valence-corrected chi connectivity index (χ3v) is 6.63. The predicted molar refractivity (Wildman–Crippen MR) is 106 cm³/mol. The zero-order valence-corrected chi connectivity index (χ0v) is 16.3. The summed E-state index contributed by atoms with van der Waals surface area (Å²) >= 11 is 1.62. The lowest BCUT2D eigenvalue weighted by atomic mass is 9.86. The Kier molecular flexibility index (Phi) is 4.90. The quantitative estimate of drug-likeness (QED) is 0.567. The molecule has 1 aromatic carbocycles. The molecule has 1 saturated carbocycles. The van der Waals surface area contributed by atoms with E-state index in [0.717, 1.165) is 39.9 Å². The minimum absolute atomic E-state index is 0.559. The van der Waals surface area contributed by atoms with Crippen molar-refractivity contribution in [2.75, 3.05) is 0 Å². The maximum Gasteiger partial charge on any atom is 0.213 e. The first-order chi connectivity index (χ1) is 12.7. The number of aryl methyl sites for hydroxylation is 3. The topological polar surface area (TPSA) is 47.3 Å². The molecule has 0 atom stereocenters. The molecule has 2 aromatic heterocycles. The average molecular weight is 368 g/mol. The van der Waals surface area contributed by atoms with E-state index in [9.17, 15) is 4.79 Å². The van der Waals surface area contributed by atoms with Crippen LogP contribution in [0.25, 0.3) is 16.2 Å². The van der Waals surface area contributed by atoms with Crippen LogP contribution in [-0.2, 0) is 6.42 Å². The van der Waals surface area contributed by atoms with Gasteiger partial charge in [-0.3, -0.25) is 4.79 Å². The normalized spacial score (nSPS) is 15.6. The van der Waals surface area contributed by atoms with E-state index in [2.05, 4.69) is 26.0 Å². The van der Waals surface area contributed by atoms with E-state index in [0.29, 0.717) is 5.69 Å². The van der Waals surface area contributed by atoms with Gasteiger partial charge in [-0.2, -0.15) is 9.61 Å². The van der Waals surface area contributed by atoms with E-state index in [1.165, 1.54) is 49.7 Å². The molecule has 0 saturated heterocycles. The van der Waals surface area contributed by atoms with E-state index >= 15 is 0 Å². The van der Waals surface area contributed by atoms with Gasteiger partial charge >= 0.3 is 0 Å². The van der Waals surface area contributed by atoms with Crippen LogP contribution < -0.4 is 0 Å². The largest absolute Gasteiger partial charge is 0.296 e. The van der Waals surface area contributed by atoms with Crippen molar-refractivity contribution in [3.8, 4) is 11.3 Å². The number of nitrogens with zero attached hydrogens (tertiary/aromatic N) is 3. The Morgan fingerprint density at radius 2 is 2.00 bits per heavy atom. The standard InChI is InChI=1S/C21H25N3OS/c1-14-8-10-17(12-15(14)2)20-18(13-25)24-21(22-20)26-19(23-24)11-9-16-6-4-3-5-7-16/h8,10,12-13,16H,3-7,9,11H2,1-2H3. The highest BCUT2D eigenvalue weighted by molar-refractivity contribution is 7.16. The van der Waals surface area contributed by atoms with Crippen LogP contribution >= 0.6 is 11.3 Å². The number of rotatable bonds is 5. The van der Waals surface area contributed by atoms with Crippen LogP contribution in [0.1, 0.15) is 65.1 Å². The van der Waals surface area contributed by atoms with E-state index < -0.39 is 0 Å². The number of carbonyl (C=O) groups excluding carboxylic acids is 1. The van der Waals surface area contributed by atoms with E-state index in [4.69, 9.17) is 10.1 Å². The highest BCUT2D eigenvalue weighted by atomic mass is 32.1. The van der Waals surface area contributed by atoms with Crippen molar-refractivity contribution >= 4 is 22.6 Å². The van der Waals surface area contributed by atoms with Crippen molar-refractivity contribution in [1.29, 1.82) is 0 Å². The van der Waals surface area contributed by atoms with E-state index in [1.807, 2.05) is 6.07 Å². The second kappa shape index (κ2) is 7.31. The van der Waals surface area contributed by atoms with Gasteiger partial charge in [-0.05, 0) is 43.4 Å². The van der Waals surface area contributed by atoms with Crippen LogP contribution in [0.5, 0.6) is 0 Å². The van der Waals surface area contributed by atoms with Gasteiger partial charge in [0, 0.05) is 12.0 Å². The summed E-state index contributed by atoms with van der Waals surface area (Å²) in [5, 5.41) is 5.79. The number of aldehydes is 1. The summed E-state index contributed by atoms with van der Waals surface area (Å²) in [6.45, 7) is 4.17. The highest BCUT2D eigenvalue weighted by Gasteiger charge is 2.19. The summed E-state index contributed by atoms with van der Waals surface area (Å²) in [5.41, 5.74) is 4.73. The minimum Gasteiger partial charge on any atom is -0.296 e. The minimum atomic E-state index is 0.559. The van der Waals surface area contributed by atoms with E-state index in [-0.39, 0.29) is 0 Å². The fourth-order valence-corrected chi connectivity index (χ4v) is 4.83. The van der Waals surface area contributed by atoms with Crippen LogP contribution in [-0.4, -0.2) is 20.9 Å². The lowest BCUT2D eigenvalue weighted by molar-refractivity contribution is 0.111. The number of fused-ring (bicyclic) bond motifs is 1. The van der Waals surface area contributed by atoms with Crippen LogP contribution in [0.4, 0.5) is 0 Å². The molecule has 4 rings (SSSR count). The molecule has 0 amide bonds. The summed E-state index contributed by atoms with van der Waals surface area (Å²) in [7, 11) is 0. The monoisotopic (exact) mass is 367 g/mol. The molecule has 136 valence electrons. The number of hydrogen-bond donors (Lipinski definition) is 0. The van der Waals surface area contributed by atoms with Crippen molar-refractivity contribution in [3.05, 3.63) is 40.0 Å². The zero-order chi connectivity index (χ0) is 18.1. The Bertz CT molecular complexity index is 934. The van der Waals surface area contributed by atoms with Gasteiger partial charge in [-0.15, -0.1) is 0 Å². The van der Waals surface area contributed by atoms with Gasteiger partial charge in [0.05, 0.1) is 0 Å². The second-order valence-electron chi connectivity index (χ2n) is 7.50. The van der Waals surface area contributed by atoms with Crippen LogP contribution in [0.2, 0.25) is 0 Å². The fraction of sp³-hybridized carbons (Fsp3) is 0.476. The Morgan fingerprint density at radius 3 is 2.73 bits per heavy atom. The van der Waals surface area contributed by atoms with Crippen molar-refractivity contribution in [3.63, 3.8) is 0 Å². The smallest absolute Gasteiger partial charge is 0.213 e. The first-order valence-electron chi connectivity index (χ1n) is 9.57. The number of carbonyl (C=O) groups is 1. The summed E-state index contributed by atoms with van der Waals surface area (Å²) in [5.74, 6) is 0.844. The molecule has 0 N–H and O–H groups in total. The SMILES string of the molecule is Cc1ccc(-c2nc3sc(CCC4CCCCC4)nn3c2C=O)cc1C. The molecular formula is C21H25N3OS. The fourth-order valence-electron chi connectivity index (χ4n) is 3.91. The maximum absolute atomic E-state index is 11.7. The first kappa shape index (κ1) is 17.4. The lowest BCUT2D eigenvalue weighted by Crippen LogP contribution is -2.07. The summed E-state index contributed by atoms with van der Waals surface area (Å²) in [6, 6.07) is 6.21. The van der Waals surface area contributed by atoms with E-state index in [1.54, 1.807) is 15.9 Å². The van der Waals surface area contributed by atoms with Gasteiger partial charge in [-0.25, -0.2) is 4.98 Å². The Hall–Kier alpha value is -2.01. The van der Waals surface area contributed by atoms with Gasteiger partial charge < -0.3 is 0 Å². The number of aromatic nitrogens is 3. The Balaban J connectivity index is 1.60. The van der Waals surface area contributed by atoms with Gasteiger partial charge in [-0.1, -0.05) is 55.6 Å². The zero-order valence-electron chi connectivity index (χ0n) is 15.5. The second-order valence-corrected chi connectivity index (χ2v) is 8.54. The predicted octanol–water partition coefficient (Wildman–Crippen LogP) is 5.40. The molecule has 5 heteroatoms. The average Bonchev–Trinajstić information content (AvgIpc) is 3.20. The molecule has 4 nitrogen and oxygen atoms in total. The third-order valence-electron chi connectivity index (χ3n) is 5.66. The Labute approximate surface area is 158 Å². The van der Waals surface area contributed by atoms with Gasteiger partial charge in [0.25, 0.3) is 0 Å². The van der Waals surface area contributed by atoms with Crippen LogP contribution in [0.15, 0.2) is 18.2 Å². The van der Waals surface area contributed by atoms with Crippen molar-refractivity contribution in [2.24, 2.45) is 5.92 Å². The molecule has 1 fully saturated rings. The van der Waals surface area contributed by atoms with Crippen molar-refractivity contribution in [2.45, 2.75) is 58.8 Å². The van der Waals surface area contributed by atoms with Gasteiger partial charge in [0.2, 0.25) is 4.96 Å². The molecule has 3 aromatic rings. The van der Waals surface area contributed by atoms with Crippen molar-refractivity contribution in [1.82, 2.24) is 14.6 Å². The molecule has 0 aliphatic heterocycles. The number of imidazole rings is 1. The van der Waals surface area contributed by atoms with Gasteiger partial charge in [0.1, 0.15) is 16.4 Å². The molecule has 0 unspecified atom stereocenters. The van der Waals surface area contributed by atoms with Crippen molar-refractivity contribution < 1.29 is 4.79 Å². The highest BCUT2D eigenvalue weighted by Crippen LogP contribution is 2.30. The molecule has 0 bridgehead atoms. The third kappa shape index (κ3) is 3.32. The number of benzene rings is 1. The summed E-state index contributed by atoms with van der Waals surface area (Å²) < 4.78 is 1.73. The molecule has 1 aliphatic rings. The molecule has 26 heavy (non-hydrogen) atoms. The summed E-state index contributed by atoms with van der Waals surface area (Å²) in [6.07, 6.45) is 9.95. The van der Waals surface area contributed by atoms with Gasteiger partial charge in [0.15, 0.2) is 6.29 Å². The summed E-state index contributed by atoms with van der Waals surface area (Å²) in [4.78, 5) is 17.3. The molecular weight excluding hydrogens is 342 g/mol. The maximum atomic E-state index is 11.7. The van der Waals surface area contributed by atoms with Crippen LogP contribution in [0.3, 0.4) is 0 Å². The molecule has 0 radical (unpaired) electrons. The molecule has 1 aliphatic carbocycles. The molecule has 0 spiro atoms. The Morgan fingerprint density at radius 1 is 1.19 bits per heavy atom. The number of hydrogen-bond acceptors (Lipinski definition) is 4. The van der Waals surface area contributed by atoms with Crippen LogP contribution in [0, 0.1) is 19.8 Å². The first-order valence-corrected chi connectivity index (χ1v) is 10.4. The molecule has 2 heterocycles. The lowest BCUT2D eigenvalue weighted by Gasteiger charge is -2.20.